The first-order valence-electron chi connectivity index (χ1n) is 10.6. The summed E-state index contributed by atoms with van der Waals surface area (Å²) in [6.07, 6.45) is 14.0. The molecule has 0 spiro atoms. The van der Waals surface area contributed by atoms with E-state index in [0.29, 0.717) is 23.2 Å². The Kier molecular flexibility index (Phi) is 8.91. The van der Waals surface area contributed by atoms with Crippen LogP contribution in [0.4, 0.5) is 0 Å². The van der Waals surface area contributed by atoms with Gasteiger partial charge in [-0.3, -0.25) is 0 Å². The van der Waals surface area contributed by atoms with Gasteiger partial charge in [-0.2, -0.15) is 0 Å². The number of hydrogen-bond donors (Lipinski definition) is 2. The lowest BCUT2D eigenvalue weighted by molar-refractivity contribution is 0.440. The summed E-state index contributed by atoms with van der Waals surface area (Å²) in [7, 11) is 0. The zero-order chi connectivity index (χ0) is 21.2. The maximum atomic E-state index is 11.1. The van der Waals surface area contributed by atoms with Crippen LogP contribution in [0.2, 0.25) is 0 Å². The summed E-state index contributed by atoms with van der Waals surface area (Å²) in [5.74, 6) is 0.281. The molecule has 2 N–H and O–H groups in total. The SMILES string of the molecule is CCCCCc1cc(O)c(CC=C(C)CCC=C(C)C)c(O)c1-c1ccncn1. The van der Waals surface area contributed by atoms with E-state index in [1.165, 1.54) is 17.5 Å². The zero-order valence-corrected chi connectivity index (χ0v) is 18.2. The lowest BCUT2D eigenvalue weighted by Gasteiger charge is -2.16. The third kappa shape index (κ3) is 6.74. The summed E-state index contributed by atoms with van der Waals surface area (Å²) in [5.41, 5.74) is 5.46. The Morgan fingerprint density at radius 2 is 1.90 bits per heavy atom. The molecule has 0 saturated carbocycles. The quantitative estimate of drug-likeness (QED) is 0.355. The van der Waals surface area contributed by atoms with Crippen molar-refractivity contribution in [2.75, 3.05) is 0 Å². The normalized spacial score (nSPS) is 11.5. The maximum absolute atomic E-state index is 11.1. The molecule has 156 valence electrons. The fourth-order valence-electron chi connectivity index (χ4n) is 3.40. The molecule has 0 radical (unpaired) electrons. The molecule has 1 aromatic carbocycles. The van der Waals surface area contributed by atoms with Gasteiger partial charge in [0.25, 0.3) is 0 Å². The summed E-state index contributed by atoms with van der Waals surface area (Å²) in [4.78, 5) is 8.34. The molecule has 0 amide bonds. The Labute approximate surface area is 175 Å². The first kappa shape index (κ1) is 22.7. The number of benzene rings is 1. The van der Waals surface area contributed by atoms with Gasteiger partial charge in [-0.25, -0.2) is 9.97 Å². The van der Waals surface area contributed by atoms with Gasteiger partial charge < -0.3 is 10.2 Å². The first-order valence-corrected chi connectivity index (χ1v) is 10.6. The van der Waals surface area contributed by atoms with Crippen LogP contribution in [0.3, 0.4) is 0 Å². The number of hydrogen-bond acceptors (Lipinski definition) is 4. The fraction of sp³-hybridized carbons (Fsp3) is 0.440. The van der Waals surface area contributed by atoms with Gasteiger partial charge in [0.1, 0.15) is 17.8 Å². The highest BCUT2D eigenvalue weighted by molar-refractivity contribution is 5.75. The molecule has 1 aromatic heterocycles. The van der Waals surface area contributed by atoms with E-state index in [0.717, 1.165) is 44.1 Å². The Balaban J connectivity index is 2.34. The number of phenolic OH excluding ortho intramolecular Hbond substituents is 2. The number of nitrogens with zero attached hydrogens (tertiary/aromatic N) is 2. The lowest BCUT2D eigenvalue weighted by Crippen LogP contribution is -1.98. The predicted molar refractivity (Wildman–Crippen MR) is 120 cm³/mol. The van der Waals surface area contributed by atoms with Crippen molar-refractivity contribution in [3.05, 3.63) is 59.1 Å². The Hall–Kier alpha value is -2.62. The van der Waals surface area contributed by atoms with Crippen molar-refractivity contribution in [2.24, 2.45) is 0 Å². The molecular formula is C25H34N2O2. The van der Waals surface area contributed by atoms with Crippen LogP contribution in [0.5, 0.6) is 11.5 Å². The molecule has 4 nitrogen and oxygen atoms in total. The second-order valence-electron chi connectivity index (χ2n) is 7.88. The predicted octanol–water partition coefficient (Wildman–Crippen LogP) is 6.52. The van der Waals surface area contributed by atoms with Crippen LogP contribution in [0.25, 0.3) is 11.3 Å². The molecule has 0 unspecified atom stereocenters. The molecular weight excluding hydrogens is 360 g/mol. The monoisotopic (exact) mass is 394 g/mol. The molecule has 0 aliphatic heterocycles. The molecule has 4 heteroatoms. The van der Waals surface area contributed by atoms with Crippen molar-refractivity contribution < 1.29 is 10.2 Å². The number of unbranched alkanes of at least 4 members (excludes halogenated alkanes) is 2. The van der Waals surface area contributed by atoms with Gasteiger partial charge in [-0.05, 0) is 70.6 Å². The minimum atomic E-state index is 0.128. The highest BCUT2D eigenvalue weighted by Crippen LogP contribution is 2.40. The van der Waals surface area contributed by atoms with E-state index in [1.54, 1.807) is 18.3 Å². The van der Waals surface area contributed by atoms with Gasteiger partial charge in [0, 0.05) is 17.3 Å². The molecule has 0 aliphatic rings. The number of rotatable bonds is 10. The highest BCUT2D eigenvalue weighted by atomic mass is 16.3. The van der Waals surface area contributed by atoms with Crippen molar-refractivity contribution in [1.82, 2.24) is 9.97 Å². The lowest BCUT2D eigenvalue weighted by atomic mass is 9.93. The second-order valence-corrected chi connectivity index (χ2v) is 7.88. The van der Waals surface area contributed by atoms with Crippen LogP contribution in [-0.2, 0) is 12.8 Å². The van der Waals surface area contributed by atoms with E-state index < -0.39 is 0 Å². The zero-order valence-electron chi connectivity index (χ0n) is 18.2. The molecule has 0 aliphatic carbocycles. The van der Waals surface area contributed by atoms with E-state index in [2.05, 4.69) is 49.8 Å². The van der Waals surface area contributed by atoms with Crippen molar-refractivity contribution >= 4 is 0 Å². The van der Waals surface area contributed by atoms with Gasteiger partial charge in [-0.1, -0.05) is 43.1 Å². The standard InChI is InChI=1S/C25H34N2O2/c1-5-6-7-11-20-16-23(28)21(13-12-19(4)10-8-9-18(2)3)25(29)24(20)22-14-15-26-17-27-22/h9,12,14-17,28-29H,5-8,10-11,13H2,1-4H3. The topological polar surface area (TPSA) is 66.2 Å². The number of aromatic hydroxyl groups is 2. The van der Waals surface area contributed by atoms with Crippen molar-refractivity contribution in [1.29, 1.82) is 0 Å². The third-order valence-electron chi connectivity index (χ3n) is 5.10. The summed E-state index contributed by atoms with van der Waals surface area (Å²) >= 11 is 0. The molecule has 2 rings (SSSR count). The molecule has 1 heterocycles. The van der Waals surface area contributed by atoms with Gasteiger partial charge in [0.05, 0.1) is 5.69 Å². The summed E-state index contributed by atoms with van der Waals surface area (Å²) in [6, 6.07) is 3.61. The van der Waals surface area contributed by atoms with Crippen LogP contribution in [-0.4, -0.2) is 20.2 Å². The Morgan fingerprint density at radius 3 is 2.55 bits per heavy atom. The maximum Gasteiger partial charge on any atom is 0.132 e. The molecule has 29 heavy (non-hydrogen) atoms. The van der Waals surface area contributed by atoms with Crippen LogP contribution < -0.4 is 0 Å². The van der Waals surface area contributed by atoms with Gasteiger partial charge in [0.15, 0.2) is 0 Å². The number of phenols is 2. The molecule has 2 aromatic rings. The summed E-state index contributed by atoms with van der Waals surface area (Å²) < 4.78 is 0. The summed E-state index contributed by atoms with van der Waals surface area (Å²) in [5, 5.41) is 21.7. The van der Waals surface area contributed by atoms with Gasteiger partial charge in [0.2, 0.25) is 0 Å². The minimum Gasteiger partial charge on any atom is -0.508 e. The molecule has 0 atom stereocenters. The number of aryl methyl sites for hydroxylation is 1. The Bertz CT molecular complexity index is 851. The third-order valence-corrected chi connectivity index (χ3v) is 5.10. The van der Waals surface area contributed by atoms with Crippen LogP contribution in [0, 0.1) is 0 Å². The highest BCUT2D eigenvalue weighted by Gasteiger charge is 2.19. The number of aromatic nitrogens is 2. The average Bonchev–Trinajstić information content (AvgIpc) is 2.68. The molecule has 0 saturated heterocycles. The van der Waals surface area contributed by atoms with Crippen molar-refractivity contribution in [3.8, 4) is 22.8 Å². The van der Waals surface area contributed by atoms with E-state index in [-0.39, 0.29) is 11.5 Å². The van der Waals surface area contributed by atoms with E-state index >= 15 is 0 Å². The van der Waals surface area contributed by atoms with E-state index in [9.17, 15) is 10.2 Å². The van der Waals surface area contributed by atoms with Gasteiger partial charge in [-0.15, -0.1) is 0 Å². The molecule has 0 fully saturated rings. The van der Waals surface area contributed by atoms with Crippen LogP contribution >= 0.6 is 0 Å². The average molecular weight is 395 g/mol. The van der Waals surface area contributed by atoms with Crippen LogP contribution in [0.1, 0.15) is 70.9 Å². The number of allylic oxidation sites excluding steroid dienone is 4. The first-order chi connectivity index (χ1) is 13.9. The fourth-order valence-corrected chi connectivity index (χ4v) is 3.40. The van der Waals surface area contributed by atoms with Crippen molar-refractivity contribution in [2.45, 2.75) is 72.6 Å². The minimum absolute atomic E-state index is 0.128. The van der Waals surface area contributed by atoms with E-state index in [4.69, 9.17) is 0 Å². The largest absolute Gasteiger partial charge is 0.508 e. The molecule has 0 bridgehead atoms. The second kappa shape index (κ2) is 11.4. The smallest absolute Gasteiger partial charge is 0.132 e. The van der Waals surface area contributed by atoms with Crippen LogP contribution in [0.15, 0.2) is 48.0 Å². The van der Waals surface area contributed by atoms with Gasteiger partial charge >= 0.3 is 0 Å². The Morgan fingerprint density at radius 1 is 1.10 bits per heavy atom. The van der Waals surface area contributed by atoms with E-state index in [1.807, 2.05) is 0 Å². The van der Waals surface area contributed by atoms with Crippen molar-refractivity contribution in [3.63, 3.8) is 0 Å². The summed E-state index contributed by atoms with van der Waals surface area (Å²) in [6.45, 7) is 8.46.